The SMILES string of the molecule is Cc1ccccc1C(=O)Nc1ccc(F)c(C#CCN)c1. The van der Waals surface area contributed by atoms with Crippen LogP contribution in [0.3, 0.4) is 0 Å². The summed E-state index contributed by atoms with van der Waals surface area (Å²) in [4.78, 5) is 12.2. The van der Waals surface area contributed by atoms with Gasteiger partial charge in [-0.15, -0.1) is 0 Å². The van der Waals surface area contributed by atoms with Crippen LogP contribution < -0.4 is 11.1 Å². The summed E-state index contributed by atoms with van der Waals surface area (Å²) in [5, 5.41) is 2.74. The van der Waals surface area contributed by atoms with Crippen molar-refractivity contribution in [3.63, 3.8) is 0 Å². The van der Waals surface area contributed by atoms with Crippen LogP contribution in [0.25, 0.3) is 0 Å². The molecule has 21 heavy (non-hydrogen) atoms. The molecule has 2 aromatic rings. The van der Waals surface area contributed by atoms with Gasteiger partial charge in [0.15, 0.2) is 0 Å². The first-order valence-electron chi connectivity index (χ1n) is 6.47. The summed E-state index contributed by atoms with van der Waals surface area (Å²) in [5.41, 5.74) is 7.43. The lowest BCUT2D eigenvalue weighted by Crippen LogP contribution is -2.13. The van der Waals surface area contributed by atoms with E-state index in [4.69, 9.17) is 5.73 Å². The van der Waals surface area contributed by atoms with Crippen LogP contribution in [0.4, 0.5) is 10.1 Å². The molecule has 0 heterocycles. The highest BCUT2D eigenvalue weighted by Crippen LogP contribution is 2.16. The quantitative estimate of drug-likeness (QED) is 0.832. The Morgan fingerprint density at radius 3 is 2.76 bits per heavy atom. The lowest BCUT2D eigenvalue weighted by molar-refractivity contribution is 0.102. The summed E-state index contributed by atoms with van der Waals surface area (Å²) < 4.78 is 13.6. The van der Waals surface area contributed by atoms with Crippen LogP contribution in [0.2, 0.25) is 0 Å². The highest BCUT2D eigenvalue weighted by atomic mass is 19.1. The number of carbonyl (C=O) groups excluding carboxylic acids is 1. The second-order valence-electron chi connectivity index (χ2n) is 4.47. The Morgan fingerprint density at radius 2 is 2.05 bits per heavy atom. The first kappa shape index (κ1) is 14.8. The molecule has 3 nitrogen and oxygen atoms in total. The monoisotopic (exact) mass is 282 g/mol. The second kappa shape index (κ2) is 6.69. The van der Waals surface area contributed by atoms with E-state index in [-0.39, 0.29) is 18.0 Å². The molecule has 0 saturated carbocycles. The normalized spacial score (nSPS) is 9.67. The molecule has 0 bridgehead atoms. The number of anilines is 1. The van der Waals surface area contributed by atoms with Crippen molar-refractivity contribution in [3.05, 3.63) is 65.0 Å². The van der Waals surface area contributed by atoms with Gasteiger partial charge < -0.3 is 11.1 Å². The molecule has 1 amide bonds. The minimum Gasteiger partial charge on any atom is -0.322 e. The largest absolute Gasteiger partial charge is 0.322 e. The summed E-state index contributed by atoms with van der Waals surface area (Å²) >= 11 is 0. The maximum atomic E-state index is 13.6. The Kier molecular flexibility index (Phi) is 4.70. The van der Waals surface area contributed by atoms with Crippen molar-refractivity contribution in [1.82, 2.24) is 0 Å². The number of nitrogens with one attached hydrogen (secondary N) is 1. The topological polar surface area (TPSA) is 55.1 Å². The Hall–Kier alpha value is -2.64. The van der Waals surface area contributed by atoms with Crippen LogP contribution in [0.15, 0.2) is 42.5 Å². The summed E-state index contributed by atoms with van der Waals surface area (Å²) in [7, 11) is 0. The lowest BCUT2D eigenvalue weighted by Gasteiger charge is -2.08. The molecule has 0 aliphatic rings. The standard InChI is InChI=1S/C17H15FN2O/c1-12-5-2-3-7-15(12)17(21)20-14-8-9-16(18)13(11-14)6-4-10-19/h2-3,5,7-9,11H,10,19H2,1H3,(H,20,21). The van der Waals surface area contributed by atoms with Crippen molar-refractivity contribution in [3.8, 4) is 11.8 Å². The van der Waals surface area contributed by atoms with Gasteiger partial charge >= 0.3 is 0 Å². The van der Waals surface area contributed by atoms with Gasteiger partial charge in [-0.2, -0.15) is 0 Å². The molecular formula is C17H15FN2O. The maximum Gasteiger partial charge on any atom is 0.255 e. The van der Waals surface area contributed by atoms with E-state index >= 15 is 0 Å². The van der Waals surface area contributed by atoms with Gasteiger partial charge in [-0.05, 0) is 36.8 Å². The Labute approximate surface area is 123 Å². The first-order chi connectivity index (χ1) is 10.1. The number of rotatable bonds is 2. The minimum atomic E-state index is -0.440. The maximum absolute atomic E-state index is 13.6. The van der Waals surface area contributed by atoms with E-state index in [2.05, 4.69) is 17.2 Å². The van der Waals surface area contributed by atoms with Crippen molar-refractivity contribution < 1.29 is 9.18 Å². The van der Waals surface area contributed by atoms with Gasteiger partial charge in [0.25, 0.3) is 5.91 Å². The van der Waals surface area contributed by atoms with Crippen LogP contribution in [-0.2, 0) is 0 Å². The molecule has 0 saturated heterocycles. The number of benzene rings is 2. The summed E-state index contributed by atoms with van der Waals surface area (Å²) in [5.74, 6) is 4.55. The van der Waals surface area contributed by atoms with Gasteiger partial charge in [0.05, 0.1) is 12.1 Å². The van der Waals surface area contributed by atoms with Crippen LogP contribution in [-0.4, -0.2) is 12.5 Å². The predicted molar refractivity (Wildman–Crippen MR) is 81.5 cm³/mol. The lowest BCUT2D eigenvalue weighted by atomic mass is 10.1. The van der Waals surface area contributed by atoms with Crippen molar-refractivity contribution in [2.75, 3.05) is 11.9 Å². The molecule has 0 radical (unpaired) electrons. The van der Waals surface area contributed by atoms with Gasteiger partial charge in [0, 0.05) is 11.3 Å². The average Bonchev–Trinajstić information content (AvgIpc) is 2.48. The smallest absolute Gasteiger partial charge is 0.255 e. The fraction of sp³-hybridized carbons (Fsp3) is 0.118. The molecular weight excluding hydrogens is 267 g/mol. The summed E-state index contributed by atoms with van der Waals surface area (Å²) in [6.45, 7) is 2.01. The molecule has 2 aromatic carbocycles. The first-order valence-corrected chi connectivity index (χ1v) is 6.47. The molecule has 0 aliphatic carbocycles. The van der Waals surface area contributed by atoms with Crippen molar-refractivity contribution in [2.45, 2.75) is 6.92 Å². The van der Waals surface area contributed by atoms with E-state index in [1.807, 2.05) is 19.1 Å². The number of nitrogens with two attached hydrogens (primary N) is 1. The van der Waals surface area contributed by atoms with Gasteiger partial charge in [-0.25, -0.2) is 4.39 Å². The fourth-order valence-electron chi connectivity index (χ4n) is 1.87. The molecule has 3 N–H and O–H groups in total. The van der Waals surface area contributed by atoms with Crippen molar-refractivity contribution in [1.29, 1.82) is 0 Å². The molecule has 106 valence electrons. The molecule has 0 fully saturated rings. The number of hydrogen-bond acceptors (Lipinski definition) is 2. The second-order valence-corrected chi connectivity index (χ2v) is 4.47. The third-order valence-electron chi connectivity index (χ3n) is 2.94. The number of hydrogen-bond donors (Lipinski definition) is 2. The molecule has 4 heteroatoms. The summed E-state index contributed by atoms with van der Waals surface area (Å²) in [6.07, 6.45) is 0. The fourth-order valence-corrected chi connectivity index (χ4v) is 1.87. The zero-order valence-electron chi connectivity index (χ0n) is 11.6. The molecule has 0 unspecified atom stereocenters. The highest BCUT2D eigenvalue weighted by molar-refractivity contribution is 6.05. The van der Waals surface area contributed by atoms with Crippen LogP contribution >= 0.6 is 0 Å². The van der Waals surface area contributed by atoms with E-state index in [1.165, 1.54) is 18.2 Å². The summed E-state index contributed by atoms with van der Waals surface area (Å²) in [6, 6.07) is 11.5. The number of amides is 1. The third kappa shape index (κ3) is 3.68. The van der Waals surface area contributed by atoms with Gasteiger partial charge in [-0.1, -0.05) is 30.0 Å². The van der Waals surface area contributed by atoms with E-state index in [9.17, 15) is 9.18 Å². The van der Waals surface area contributed by atoms with Crippen LogP contribution in [0.5, 0.6) is 0 Å². The predicted octanol–water partition coefficient (Wildman–Crippen LogP) is 2.70. The van der Waals surface area contributed by atoms with E-state index < -0.39 is 5.82 Å². The number of halogens is 1. The molecule has 0 spiro atoms. The highest BCUT2D eigenvalue weighted by Gasteiger charge is 2.09. The Bertz CT molecular complexity index is 729. The van der Waals surface area contributed by atoms with Crippen molar-refractivity contribution >= 4 is 11.6 Å². The van der Waals surface area contributed by atoms with Crippen LogP contribution in [0.1, 0.15) is 21.5 Å². The molecule has 0 atom stereocenters. The zero-order valence-corrected chi connectivity index (χ0v) is 11.6. The Balaban J connectivity index is 2.24. The van der Waals surface area contributed by atoms with Gasteiger partial charge in [-0.3, -0.25) is 4.79 Å². The van der Waals surface area contributed by atoms with Crippen LogP contribution in [0, 0.1) is 24.6 Å². The molecule has 2 rings (SSSR count). The number of carbonyl (C=O) groups is 1. The zero-order chi connectivity index (χ0) is 15.2. The molecule has 0 aromatic heterocycles. The van der Waals surface area contributed by atoms with E-state index in [0.29, 0.717) is 11.3 Å². The van der Waals surface area contributed by atoms with E-state index in [1.54, 1.807) is 12.1 Å². The minimum absolute atomic E-state index is 0.152. The Morgan fingerprint density at radius 1 is 1.29 bits per heavy atom. The van der Waals surface area contributed by atoms with Crippen molar-refractivity contribution in [2.24, 2.45) is 5.73 Å². The third-order valence-corrected chi connectivity index (χ3v) is 2.94. The van der Waals surface area contributed by atoms with Gasteiger partial charge in [0.1, 0.15) is 5.82 Å². The van der Waals surface area contributed by atoms with Gasteiger partial charge in [0.2, 0.25) is 0 Å². The van der Waals surface area contributed by atoms with E-state index in [0.717, 1.165) is 5.56 Å². The molecule has 0 aliphatic heterocycles. The number of aryl methyl sites for hydroxylation is 1. The average molecular weight is 282 g/mol.